The maximum atomic E-state index is 12.8. The average Bonchev–Trinajstić information content (AvgIpc) is 3.09. The van der Waals surface area contributed by atoms with Gasteiger partial charge in [0.25, 0.3) is 5.69 Å². The molecule has 1 aromatic carbocycles. The predicted molar refractivity (Wildman–Crippen MR) is 98.7 cm³/mol. The van der Waals surface area contributed by atoms with Gasteiger partial charge in [0.05, 0.1) is 16.8 Å². The molecule has 0 atom stereocenters. The summed E-state index contributed by atoms with van der Waals surface area (Å²) >= 11 is 1.51. The third-order valence-electron chi connectivity index (χ3n) is 3.44. The number of nitrogens with zero attached hydrogens (tertiary/aromatic N) is 3. The highest BCUT2D eigenvalue weighted by Crippen LogP contribution is 2.29. The molecule has 0 aliphatic carbocycles. The number of hydrazone groups is 1. The van der Waals surface area contributed by atoms with Crippen LogP contribution in [0.15, 0.2) is 45.0 Å². The van der Waals surface area contributed by atoms with Crippen molar-refractivity contribution in [3.63, 3.8) is 0 Å². The fraction of sp³-hybridized carbons (Fsp3) is 0.267. The van der Waals surface area contributed by atoms with E-state index in [2.05, 4.69) is 10.5 Å². The van der Waals surface area contributed by atoms with E-state index in [4.69, 9.17) is 0 Å². The van der Waals surface area contributed by atoms with Gasteiger partial charge < -0.3 is 0 Å². The first-order valence-corrected chi connectivity index (χ1v) is 9.88. The molecule has 0 spiro atoms. The molecule has 1 N–H and O–H groups in total. The van der Waals surface area contributed by atoms with Crippen LogP contribution in [0.1, 0.15) is 19.4 Å². The number of hydrogen-bond acceptors (Lipinski definition) is 7. The van der Waals surface area contributed by atoms with Gasteiger partial charge >= 0.3 is 0 Å². The Morgan fingerprint density at radius 2 is 2.04 bits per heavy atom. The number of nitrogens with one attached hydrogen (secondary N) is 1. The predicted octanol–water partition coefficient (Wildman–Crippen LogP) is 3.13. The molecule has 0 unspecified atom stereocenters. The van der Waals surface area contributed by atoms with Crippen molar-refractivity contribution in [1.29, 1.82) is 0 Å². The van der Waals surface area contributed by atoms with Crippen molar-refractivity contribution in [1.82, 2.24) is 4.31 Å². The average molecular weight is 382 g/mol. The molecular weight excluding hydrogens is 364 g/mol. The number of nitro groups is 1. The van der Waals surface area contributed by atoms with E-state index >= 15 is 0 Å². The molecule has 0 aliphatic rings. The third kappa shape index (κ3) is 4.41. The van der Waals surface area contributed by atoms with Crippen molar-refractivity contribution < 1.29 is 13.3 Å². The molecule has 1 aromatic heterocycles. The highest BCUT2D eigenvalue weighted by molar-refractivity contribution is 7.89. The summed E-state index contributed by atoms with van der Waals surface area (Å²) in [5.41, 5.74) is 3.43. The molecule has 0 bridgehead atoms. The van der Waals surface area contributed by atoms with Gasteiger partial charge in [-0.1, -0.05) is 13.8 Å². The zero-order valence-corrected chi connectivity index (χ0v) is 15.4. The summed E-state index contributed by atoms with van der Waals surface area (Å²) in [7, 11) is -3.88. The number of non-ortho nitro benzene ring substituents is 1. The van der Waals surface area contributed by atoms with Gasteiger partial charge in [0, 0.05) is 30.8 Å². The normalized spacial score (nSPS) is 12.0. The molecule has 0 saturated heterocycles. The third-order valence-corrected chi connectivity index (χ3v) is 6.23. The van der Waals surface area contributed by atoms with Gasteiger partial charge in [-0.2, -0.15) is 20.7 Å². The minimum absolute atomic E-state index is 0.173. The van der Waals surface area contributed by atoms with E-state index < -0.39 is 14.9 Å². The van der Waals surface area contributed by atoms with Gasteiger partial charge in [-0.05, 0) is 22.9 Å². The topological polar surface area (TPSA) is 105 Å². The molecule has 0 saturated carbocycles. The maximum Gasteiger partial charge on any atom is 0.270 e. The standard InChI is InChI=1S/C15H18N4O4S2/c1-3-18(4-2)25(22,23)15-9-13(19(20)21)5-6-14(15)17-16-10-12-7-8-24-11-12/h5-11,17H,3-4H2,1-2H3/b16-10-. The minimum atomic E-state index is -3.88. The van der Waals surface area contributed by atoms with E-state index in [1.165, 1.54) is 27.8 Å². The Morgan fingerprint density at radius 3 is 2.60 bits per heavy atom. The Morgan fingerprint density at radius 1 is 1.32 bits per heavy atom. The van der Waals surface area contributed by atoms with Gasteiger partial charge in [-0.15, -0.1) is 0 Å². The molecular formula is C15H18N4O4S2. The summed E-state index contributed by atoms with van der Waals surface area (Å²) in [6, 6.07) is 5.50. The van der Waals surface area contributed by atoms with Gasteiger partial charge in [0.15, 0.2) is 0 Å². The molecule has 0 radical (unpaired) electrons. The van der Waals surface area contributed by atoms with Crippen LogP contribution in [0.3, 0.4) is 0 Å². The number of anilines is 1. The Bertz CT molecular complexity index is 860. The van der Waals surface area contributed by atoms with Crippen molar-refractivity contribution in [3.05, 3.63) is 50.7 Å². The fourth-order valence-electron chi connectivity index (χ4n) is 2.16. The summed E-state index contributed by atoms with van der Waals surface area (Å²) < 4.78 is 26.8. The Balaban J connectivity index is 2.43. The second-order valence-corrected chi connectivity index (χ2v) is 7.64. The summed E-state index contributed by atoms with van der Waals surface area (Å²) in [6.07, 6.45) is 1.55. The monoisotopic (exact) mass is 382 g/mol. The van der Waals surface area contributed by atoms with Crippen LogP contribution in [-0.2, 0) is 10.0 Å². The molecule has 2 rings (SSSR count). The number of rotatable bonds is 8. The molecule has 10 heteroatoms. The number of nitro benzene ring substituents is 1. The molecule has 1 heterocycles. The lowest BCUT2D eigenvalue weighted by atomic mass is 10.3. The summed E-state index contributed by atoms with van der Waals surface area (Å²) in [5.74, 6) is 0. The van der Waals surface area contributed by atoms with Gasteiger partial charge in [-0.25, -0.2) is 8.42 Å². The van der Waals surface area contributed by atoms with Crippen LogP contribution < -0.4 is 5.43 Å². The van der Waals surface area contributed by atoms with Crippen LogP contribution in [0.25, 0.3) is 0 Å². The van der Waals surface area contributed by atoms with Gasteiger partial charge in [0.1, 0.15) is 4.90 Å². The summed E-state index contributed by atoms with van der Waals surface area (Å²) in [4.78, 5) is 10.2. The lowest BCUT2D eigenvalue weighted by Crippen LogP contribution is -2.31. The number of thiophene rings is 1. The van der Waals surface area contributed by atoms with Crippen molar-refractivity contribution >= 4 is 38.9 Å². The quantitative estimate of drug-likeness (QED) is 0.429. The first-order chi connectivity index (χ1) is 11.9. The van der Waals surface area contributed by atoms with Crippen molar-refractivity contribution in [2.24, 2.45) is 5.10 Å². The number of benzene rings is 1. The zero-order chi connectivity index (χ0) is 18.4. The van der Waals surface area contributed by atoms with E-state index in [-0.39, 0.29) is 29.4 Å². The Hall–Kier alpha value is -2.30. The second kappa shape index (κ2) is 8.19. The number of hydrogen-bond donors (Lipinski definition) is 1. The van der Waals surface area contributed by atoms with Crippen LogP contribution in [0, 0.1) is 10.1 Å². The molecule has 0 amide bonds. The van der Waals surface area contributed by atoms with Gasteiger partial charge in [-0.3, -0.25) is 15.5 Å². The van der Waals surface area contributed by atoms with E-state index in [1.807, 2.05) is 16.8 Å². The first kappa shape index (κ1) is 19.0. The second-order valence-electron chi connectivity index (χ2n) is 4.95. The minimum Gasteiger partial charge on any atom is -0.277 e. The van der Waals surface area contributed by atoms with Crippen LogP contribution >= 0.6 is 11.3 Å². The lowest BCUT2D eigenvalue weighted by molar-refractivity contribution is -0.385. The molecule has 0 fully saturated rings. The van der Waals surface area contributed by atoms with Crippen LogP contribution in [0.5, 0.6) is 0 Å². The van der Waals surface area contributed by atoms with E-state index in [1.54, 1.807) is 20.1 Å². The van der Waals surface area contributed by atoms with E-state index in [9.17, 15) is 18.5 Å². The first-order valence-electron chi connectivity index (χ1n) is 7.50. The van der Waals surface area contributed by atoms with E-state index in [0.717, 1.165) is 11.6 Å². The molecule has 8 nitrogen and oxygen atoms in total. The smallest absolute Gasteiger partial charge is 0.270 e. The highest BCUT2D eigenvalue weighted by Gasteiger charge is 2.27. The van der Waals surface area contributed by atoms with Gasteiger partial charge in [0.2, 0.25) is 10.0 Å². The molecule has 2 aromatic rings. The maximum absolute atomic E-state index is 12.8. The fourth-order valence-corrected chi connectivity index (χ4v) is 4.39. The molecule has 25 heavy (non-hydrogen) atoms. The molecule has 0 aliphatic heterocycles. The van der Waals surface area contributed by atoms with E-state index in [0.29, 0.717) is 0 Å². The van der Waals surface area contributed by atoms with Crippen molar-refractivity contribution in [3.8, 4) is 0 Å². The SMILES string of the molecule is CCN(CC)S(=O)(=O)c1cc([N+](=O)[O-])ccc1N/N=C\c1ccsc1. The Labute approximate surface area is 150 Å². The van der Waals surface area contributed by atoms with Crippen molar-refractivity contribution in [2.75, 3.05) is 18.5 Å². The van der Waals surface area contributed by atoms with Crippen LogP contribution in [0.4, 0.5) is 11.4 Å². The zero-order valence-electron chi connectivity index (χ0n) is 13.7. The number of sulfonamides is 1. The largest absolute Gasteiger partial charge is 0.277 e. The van der Waals surface area contributed by atoms with Crippen molar-refractivity contribution in [2.45, 2.75) is 18.7 Å². The highest BCUT2D eigenvalue weighted by atomic mass is 32.2. The molecule has 134 valence electrons. The lowest BCUT2D eigenvalue weighted by Gasteiger charge is -2.20. The summed E-state index contributed by atoms with van der Waals surface area (Å²) in [6.45, 7) is 3.94. The Kier molecular flexibility index (Phi) is 6.23. The van der Waals surface area contributed by atoms with Crippen LogP contribution in [-0.4, -0.2) is 37.0 Å². The summed E-state index contributed by atoms with van der Waals surface area (Å²) in [5, 5.41) is 18.8. The van der Waals surface area contributed by atoms with Crippen LogP contribution in [0.2, 0.25) is 0 Å².